The van der Waals surface area contributed by atoms with E-state index in [-0.39, 0.29) is 18.7 Å². The highest BCUT2D eigenvalue weighted by atomic mass is 16.7. The van der Waals surface area contributed by atoms with Crippen LogP contribution in [-0.4, -0.2) is 42.8 Å². The van der Waals surface area contributed by atoms with Crippen molar-refractivity contribution in [1.29, 1.82) is 0 Å². The van der Waals surface area contributed by atoms with Crippen LogP contribution >= 0.6 is 0 Å². The molecule has 1 aliphatic carbocycles. The van der Waals surface area contributed by atoms with Gasteiger partial charge in [0.05, 0.1) is 31.7 Å². The number of nitrogens with zero attached hydrogens (tertiary/aromatic N) is 2. The molecule has 178 valence electrons. The number of pyridine rings is 1. The van der Waals surface area contributed by atoms with Crippen LogP contribution < -0.4 is 18.9 Å². The molecule has 0 bridgehead atoms. The van der Waals surface area contributed by atoms with Gasteiger partial charge in [-0.05, 0) is 60.9 Å². The molecule has 8 heteroatoms. The number of ether oxygens (including phenoxy) is 4. The third-order valence-corrected chi connectivity index (χ3v) is 6.37. The first-order chi connectivity index (χ1) is 17.1. The largest absolute Gasteiger partial charge is 0.497 e. The fraction of sp³-hybridized carbons (Fsp3) is 0.259. The first kappa shape index (κ1) is 21.3. The number of amides is 1. The molecule has 1 saturated carbocycles. The Labute approximate surface area is 202 Å². The summed E-state index contributed by atoms with van der Waals surface area (Å²) in [5.74, 6) is 2.89. The van der Waals surface area contributed by atoms with Crippen LogP contribution in [0.3, 0.4) is 0 Å². The Morgan fingerprint density at radius 2 is 1.89 bits per heavy atom. The monoisotopic (exact) mass is 472 g/mol. The van der Waals surface area contributed by atoms with Gasteiger partial charge in [-0.2, -0.15) is 0 Å². The number of fused-ring (bicyclic) bond motifs is 2. The van der Waals surface area contributed by atoms with Crippen molar-refractivity contribution in [3.8, 4) is 34.3 Å². The van der Waals surface area contributed by atoms with Crippen molar-refractivity contribution < 1.29 is 28.2 Å². The third-order valence-electron chi connectivity index (χ3n) is 6.37. The Balaban J connectivity index is 1.52. The standard InChI is InChI=1S/C27H24N2O6/c1-31-19-7-8-22(32-2)20(12-19)26-17(10-16-11-24-25(35-15-34-24)13-21(16)28-26)14-29(18-5-6-18)27(30)23-4-3-9-33-23/h3-4,7-13,18H,5-6,14-15H2,1-2H3. The highest BCUT2D eigenvalue weighted by molar-refractivity contribution is 5.92. The second-order valence-corrected chi connectivity index (χ2v) is 8.60. The quantitative estimate of drug-likeness (QED) is 0.372. The summed E-state index contributed by atoms with van der Waals surface area (Å²) in [7, 11) is 3.25. The molecule has 0 spiro atoms. The molecule has 3 heterocycles. The third kappa shape index (κ3) is 3.90. The van der Waals surface area contributed by atoms with E-state index in [9.17, 15) is 4.79 Å². The predicted molar refractivity (Wildman–Crippen MR) is 128 cm³/mol. The van der Waals surface area contributed by atoms with Gasteiger partial charge in [0, 0.05) is 29.6 Å². The Morgan fingerprint density at radius 3 is 2.60 bits per heavy atom. The lowest BCUT2D eigenvalue weighted by atomic mass is 10.0. The molecule has 2 aromatic carbocycles. The highest BCUT2D eigenvalue weighted by Crippen LogP contribution is 2.41. The van der Waals surface area contributed by atoms with Crippen LogP contribution in [0.1, 0.15) is 29.0 Å². The van der Waals surface area contributed by atoms with Crippen LogP contribution in [0.15, 0.2) is 59.2 Å². The van der Waals surface area contributed by atoms with Gasteiger partial charge in [0.15, 0.2) is 17.3 Å². The maximum absolute atomic E-state index is 13.3. The molecule has 0 atom stereocenters. The average Bonchev–Trinajstić information content (AvgIpc) is 3.37. The van der Waals surface area contributed by atoms with Gasteiger partial charge in [-0.3, -0.25) is 4.79 Å². The molecule has 0 unspecified atom stereocenters. The molecule has 0 N–H and O–H groups in total. The van der Waals surface area contributed by atoms with Gasteiger partial charge in [-0.1, -0.05) is 0 Å². The van der Waals surface area contributed by atoms with E-state index in [1.807, 2.05) is 35.2 Å². The van der Waals surface area contributed by atoms with Crippen molar-refractivity contribution in [2.75, 3.05) is 21.0 Å². The topological polar surface area (TPSA) is 83.3 Å². The van der Waals surface area contributed by atoms with E-state index in [1.165, 1.54) is 6.26 Å². The summed E-state index contributed by atoms with van der Waals surface area (Å²) in [6, 6.07) is 15.1. The van der Waals surface area contributed by atoms with Crippen molar-refractivity contribution in [3.63, 3.8) is 0 Å². The van der Waals surface area contributed by atoms with Gasteiger partial charge in [-0.15, -0.1) is 0 Å². The van der Waals surface area contributed by atoms with Gasteiger partial charge >= 0.3 is 0 Å². The molecule has 2 aromatic heterocycles. The van der Waals surface area contributed by atoms with E-state index >= 15 is 0 Å². The van der Waals surface area contributed by atoms with Crippen molar-refractivity contribution in [2.24, 2.45) is 0 Å². The second kappa shape index (κ2) is 8.54. The van der Waals surface area contributed by atoms with E-state index in [1.54, 1.807) is 26.4 Å². The Kier molecular flexibility index (Phi) is 5.21. The first-order valence-electron chi connectivity index (χ1n) is 11.4. The first-order valence-corrected chi connectivity index (χ1v) is 11.4. The van der Waals surface area contributed by atoms with E-state index in [4.69, 9.17) is 28.3 Å². The number of methoxy groups -OCH3 is 2. The van der Waals surface area contributed by atoms with E-state index in [2.05, 4.69) is 6.07 Å². The van der Waals surface area contributed by atoms with Crippen molar-refractivity contribution in [1.82, 2.24) is 9.88 Å². The number of hydrogen-bond acceptors (Lipinski definition) is 7. The Bertz CT molecular complexity index is 1410. The maximum atomic E-state index is 13.3. The minimum Gasteiger partial charge on any atom is -0.497 e. The lowest BCUT2D eigenvalue weighted by Gasteiger charge is -2.23. The molecule has 2 aliphatic rings. The zero-order chi connectivity index (χ0) is 23.9. The van der Waals surface area contributed by atoms with Crippen LogP contribution in [0.5, 0.6) is 23.0 Å². The molecule has 6 rings (SSSR count). The van der Waals surface area contributed by atoms with Gasteiger partial charge in [-0.25, -0.2) is 4.98 Å². The molecule has 0 saturated heterocycles. The number of carbonyl (C=O) groups is 1. The molecule has 1 amide bonds. The lowest BCUT2D eigenvalue weighted by Crippen LogP contribution is -2.32. The average molecular weight is 472 g/mol. The zero-order valence-electron chi connectivity index (χ0n) is 19.4. The van der Waals surface area contributed by atoms with Crippen LogP contribution in [-0.2, 0) is 6.54 Å². The fourth-order valence-corrected chi connectivity index (χ4v) is 4.44. The second-order valence-electron chi connectivity index (χ2n) is 8.60. The summed E-state index contributed by atoms with van der Waals surface area (Å²) in [4.78, 5) is 20.2. The van der Waals surface area contributed by atoms with Gasteiger partial charge < -0.3 is 28.3 Å². The van der Waals surface area contributed by atoms with E-state index in [0.29, 0.717) is 41.0 Å². The summed E-state index contributed by atoms with van der Waals surface area (Å²) in [5.41, 5.74) is 3.13. The Morgan fingerprint density at radius 1 is 1.06 bits per heavy atom. The molecule has 8 nitrogen and oxygen atoms in total. The molecule has 4 aromatic rings. The summed E-state index contributed by atoms with van der Waals surface area (Å²) in [6.07, 6.45) is 3.44. The molecule has 0 radical (unpaired) electrons. The smallest absolute Gasteiger partial charge is 0.290 e. The van der Waals surface area contributed by atoms with Crippen LogP contribution in [0.2, 0.25) is 0 Å². The number of benzene rings is 2. The summed E-state index contributed by atoms with van der Waals surface area (Å²) in [6.45, 7) is 0.555. The SMILES string of the molecule is COc1ccc(OC)c(-c2nc3cc4c(cc3cc2CN(C(=O)c2ccco2)C2CC2)OCO4)c1. The summed E-state index contributed by atoms with van der Waals surface area (Å²) in [5, 5.41) is 0.899. The summed E-state index contributed by atoms with van der Waals surface area (Å²) >= 11 is 0. The number of furan rings is 1. The van der Waals surface area contributed by atoms with Crippen LogP contribution in [0.25, 0.3) is 22.2 Å². The number of hydrogen-bond donors (Lipinski definition) is 0. The molecule has 1 aliphatic heterocycles. The number of aromatic nitrogens is 1. The zero-order valence-corrected chi connectivity index (χ0v) is 19.4. The fourth-order valence-electron chi connectivity index (χ4n) is 4.44. The molecule has 1 fully saturated rings. The van der Waals surface area contributed by atoms with E-state index in [0.717, 1.165) is 34.9 Å². The highest BCUT2D eigenvalue weighted by Gasteiger charge is 2.35. The van der Waals surface area contributed by atoms with Crippen LogP contribution in [0, 0.1) is 0 Å². The normalized spacial score (nSPS) is 14.2. The minimum absolute atomic E-state index is 0.133. The van der Waals surface area contributed by atoms with Gasteiger partial charge in [0.1, 0.15) is 11.5 Å². The van der Waals surface area contributed by atoms with Gasteiger partial charge in [0.2, 0.25) is 6.79 Å². The van der Waals surface area contributed by atoms with Crippen molar-refractivity contribution >= 4 is 16.8 Å². The minimum atomic E-state index is -0.133. The number of carbonyl (C=O) groups excluding carboxylic acids is 1. The predicted octanol–water partition coefficient (Wildman–Crippen LogP) is 5.05. The Hall–Kier alpha value is -4.20. The molecule has 35 heavy (non-hydrogen) atoms. The summed E-state index contributed by atoms with van der Waals surface area (Å²) < 4.78 is 27.7. The van der Waals surface area contributed by atoms with E-state index < -0.39 is 0 Å². The molecular formula is C27H24N2O6. The molecular weight excluding hydrogens is 448 g/mol. The maximum Gasteiger partial charge on any atom is 0.290 e. The van der Waals surface area contributed by atoms with Gasteiger partial charge in [0.25, 0.3) is 5.91 Å². The van der Waals surface area contributed by atoms with Crippen molar-refractivity contribution in [2.45, 2.75) is 25.4 Å². The lowest BCUT2D eigenvalue weighted by molar-refractivity contribution is 0.0697. The van der Waals surface area contributed by atoms with Crippen LogP contribution in [0.4, 0.5) is 0 Å². The van der Waals surface area contributed by atoms with Crippen molar-refractivity contribution in [3.05, 3.63) is 66.1 Å². The number of rotatable bonds is 7.